The second-order valence-corrected chi connectivity index (χ2v) is 5.16. The summed E-state index contributed by atoms with van der Waals surface area (Å²) >= 11 is 0. The molecule has 1 aromatic rings. The minimum Gasteiger partial charge on any atom is -0.469 e. The van der Waals surface area contributed by atoms with Gasteiger partial charge >= 0.3 is 5.97 Å². The highest BCUT2D eigenvalue weighted by Gasteiger charge is 2.32. The molecule has 2 aliphatic rings. The summed E-state index contributed by atoms with van der Waals surface area (Å²) in [6.07, 6.45) is 6.43. The molecule has 1 saturated carbocycles. The fraction of sp³-hybridized carbons (Fsp3) is 0.692. The van der Waals surface area contributed by atoms with E-state index in [-0.39, 0.29) is 11.9 Å². The second-order valence-electron chi connectivity index (χ2n) is 5.16. The second kappa shape index (κ2) is 4.17. The summed E-state index contributed by atoms with van der Waals surface area (Å²) in [4.78, 5) is 11.6. The zero-order chi connectivity index (χ0) is 11.8. The normalized spacial score (nSPS) is 23.9. The van der Waals surface area contributed by atoms with Crippen molar-refractivity contribution in [2.24, 2.45) is 5.92 Å². The average Bonchev–Trinajstić information content (AvgIpc) is 2.69. The van der Waals surface area contributed by atoms with E-state index in [0.29, 0.717) is 5.92 Å². The maximum Gasteiger partial charge on any atom is 0.309 e. The summed E-state index contributed by atoms with van der Waals surface area (Å²) in [7, 11) is 1.47. The lowest BCUT2D eigenvalue weighted by Gasteiger charge is -2.27. The summed E-state index contributed by atoms with van der Waals surface area (Å²) in [5.74, 6) is 0.590. The molecule has 1 atom stereocenters. The number of nitrogens with one attached hydrogen (secondary N) is 1. The third-order valence-electron chi connectivity index (χ3n) is 4.20. The van der Waals surface area contributed by atoms with E-state index in [4.69, 9.17) is 4.74 Å². The number of fused-ring (bicyclic) bond motifs is 1. The van der Waals surface area contributed by atoms with Crippen LogP contribution in [0.3, 0.4) is 0 Å². The molecule has 0 saturated heterocycles. The minimum atomic E-state index is -0.0728. The number of nitrogens with zero attached hydrogens (tertiary/aromatic N) is 1. The number of hydrogen-bond acceptors (Lipinski definition) is 3. The van der Waals surface area contributed by atoms with Crippen LogP contribution in [-0.4, -0.2) is 23.3 Å². The molecule has 1 unspecified atom stereocenters. The van der Waals surface area contributed by atoms with Crippen LogP contribution in [0.1, 0.15) is 48.6 Å². The molecule has 4 nitrogen and oxygen atoms in total. The number of aromatic amines is 1. The van der Waals surface area contributed by atoms with Crippen LogP contribution in [0.4, 0.5) is 0 Å². The maximum atomic E-state index is 11.6. The number of aromatic nitrogens is 2. The molecule has 0 aromatic carbocycles. The van der Waals surface area contributed by atoms with Crippen molar-refractivity contribution in [1.82, 2.24) is 10.2 Å². The first kappa shape index (κ1) is 10.8. The number of H-pyrrole nitrogens is 1. The monoisotopic (exact) mass is 234 g/mol. The highest BCUT2D eigenvalue weighted by molar-refractivity contribution is 5.73. The summed E-state index contributed by atoms with van der Waals surface area (Å²) in [6, 6.07) is 0. The number of aryl methyl sites for hydroxylation is 1. The van der Waals surface area contributed by atoms with Crippen LogP contribution < -0.4 is 0 Å². The number of carbonyl (C=O) groups is 1. The third kappa shape index (κ3) is 1.75. The molecular weight excluding hydrogens is 216 g/mol. The molecule has 0 aliphatic heterocycles. The number of rotatable bonds is 2. The SMILES string of the molecule is COC(=O)C1CCc2[nH]nc(C3CCC3)c2C1. The molecule has 4 heteroatoms. The molecular formula is C13H18N2O2. The lowest BCUT2D eigenvalue weighted by Crippen LogP contribution is -2.24. The predicted molar refractivity (Wildman–Crippen MR) is 62.7 cm³/mol. The molecule has 1 fully saturated rings. The first-order valence-electron chi connectivity index (χ1n) is 6.43. The van der Waals surface area contributed by atoms with Gasteiger partial charge in [-0.1, -0.05) is 6.42 Å². The van der Waals surface area contributed by atoms with Crippen LogP contribution in [0, 0.1) is 5.92 Å². The van der Waals surface area contributed by atoms with Crippen LogP contribution in [0.25, 0.3) is 0 Å². The van der Waals surface area contributed by atoms with Gasteiger partial charge in [-0.25, -0.2) is 0 Å². The Kier molecular flexibility index (Phi) is 2.65. The molecule has 0 bridgehead atoms. The van der Waals surface area contributed by atoms with E-state index < -0.39 is 0 Å². The zero-order valence-electron chi connectivity index (χ0n) is 10.2. The standard InChI is InChI=1S/C13H18N2O2/c1-17-13(16)9-5-6-11-10(7-9)12(15-14-11)8-3-2-4-8/h8-9H,2-7H2,1H3,(H,14,15). The summed E-state index contributed by atoms with van der Waals surface area (Å²) in [5.41, 5.74) is 3.77. The van der Waals surface area contributed by atoms with Crippen LogP contribution in [0.2, 0.25) is 0 Å². The van der Waals surface area contributed by atoms with Crippen molar-refractivity contribution in [3.63, 3.8) is 0 Å². The van der Waals surface area contributed by atoms with Crippen LogP contribution in [-0.2, 0) is 22.4 Å². The van der Waals surface area contributed by atoms with Gasteiger partial charge < -0.3 is 4.74 Å². The van der Waals surface area contributed by atoms with E-state index in [2.05, 4.69) is 10.2 Å². The smallest absolute Gasteiger partial charge is 0.309 e. The van der Waals surface area contributed by atoms with Gasteiger partial charge in [-0.05, 0) is 37.7 Å². The van der Waals surface area contributed by atoms with E-state index in [1.54, 1.807) is 0 Å². The quantitative estimate of drug-likeness (QED) is 0.796. The van der Waals surface area contributed by atoms with E-state index in [9.17, 15) is 4.79 Å². The van der Waals surface area contributed by atoms with Crippen molar-refractivity contribution >= 4 is 5.97 Å². The lowest BCUT2D eigenvalue weighted by molar-refractivity contribution is -0.145. The molecule has 2 aliphatic carbocycles. The van der Waals surface area contributed by atoms with Gasteiger partial charge in [0.1, 0.15) is 0 Å². The van der Waals surface area contributed by atoms with Gasteiger partial charge in [-0.3, -0.25) is 9.89 Å². The minimum absolute atomic E-state index is 0.0314. The Morgan fingerprint density at radius 1 is 1.41 bits per heavy atom. The van der Waals surface area contributed by atoms with Crippen molar-refractivity contribution in [2.45, 2.75) is 44.4 Å². The Bertz CT molecular complexity index is 435. The first-order chi connectivity index (χ1) is 8.29. The molecule has 92 valence electrons. The lowest BCUT2D eigenvalue weighted by atomic mass is 9.78. The van der Waals surface area contributed by atoms with Crippen LogP contribution in [0.5, 0.6) is 0 Å². The Morgan fingerprint density at radius 3 is 2.88 bits per heavy atom. The van der Waals surface area contributed by atoms with Crippen molar-refractivity contribution in [3.8, 4) is 0 Å². The molecule has 17 heavy (non-hydrogen) atoms. The van der Waals surface area contributed by atoms with Gasteiger partial charge in [0.2, 0.25) is 0 Å². The van der Waals surface area contributed by atoms with Gasteiger partial charge in [-0.2, -0.15) is 5.10 Å². The summed E-state index contributed by atoms with van der Waals surface area (Å²) in [5, 5.41) is 7.61. The number of hydrogen-bond donors (Lipinski definition) is 1. The summed E-state index contributed by atoms with van der Waals surface area (Å²) in [6.45, 7) is 0. The van der Waals surface area contributed by atoms with Crippen LogP contribution in [0.15, 0.2) is 0 Å². The predicted octanol–water partition coefficient (Wildman–Crippen LogP) is 1.96. The highest BCUT2D eigenvalue weighted by Crippen LogP contribution is 2.40. The molecule has 3 rings (SSSR count). The molecule has 0 spiro atoms. The maximum absolute atomic E-state index is 11.6. The number of ether oxygens (including phenoxy) is 1. The van der Waals surface area contributed by atoms with Gasteiger partial charge in [0, 0.05) is 11.6 Å². The largest absolute Gasteiger partial charge is 0.469 e. The molecule has 0 radical (unpaired) electrons. The average molecular weight is 234 g/mol. The van der Waals surface area contributed by atoms with Crippen molar-refractivity contribution < 1.29 is 9.53 Å². The molecule has 0 amide bonds. The molecule has 1 heterocycles. The van der Waals surface area contributed by atoms with Crippen molar-refractivity contribution in [2.75, 3.05) is 7.11 Å². The van der Waals surface area contributed by atoms with Gasteiger partial charge in [0.05, 0.1) is 18.7 Å². The van der Waals surface area contributed by atoms with Crippen molar-refractivity contribution in [3.05, 3.63) is 17.0 Å². The van der Waals surface area contributed by atoms with Gasteiger partial charge in [-0.15, -0.1) is 0 Å². The Hall–Kier alpha value is -1.32. The van der Waals surface area contributed by atoms with Gasteiger partial charge in [0.15, 0.2) is 0 Å². The molecule has 1 N–H and O–H groups in total. The van der Waals surface area contributed by atoms with Crippen molar-refractivity contribution in [1.29, 1.82) is 0 Å². The molecule has 1 aromatic heterocycles. The number of methoxy groups -OCH3 is 1. The topological polar surface area (TPSA) is 55.0 Å². The van der Waals surface area contributed by atoms with Crippen LogP contribution >= 0.6 is 0 Å². The van der Waals surface area contributed by atoms with E-state index in [1.165, 1.54) is 43.3 Å². The summed E-state index contributed by atoms with van der Waals surface area (Å²) < 4.78 is 4.85. The number of esters is 1. The van der Waals surface area contributed by atoms with E-state index in [0.717, 1.165) is 19.3 Å². The highest BCUT2D eigenvalue weighted by atomic mass is 16.5. The fourth-order valence-corrected chi connectivity index (χ4v) is 2.91. The number of carbonyl (C=O) groups excluding carboxylic acids is 1. The Morgan fingerprint density at radius 2 is 2.24 bits per heavy atom. The van der Waals surface area contributed by atoms with Gasteiger partial charge in [0.25, 0.3) is 0 Å². The van der Waals surface area contributed by atoms with E-state index >= 15 is 0 Å². The van der Waals surface area contributed by atoms with E-state index in [1.807, 2.05) is 0 Å². The fourth-order valence-electron chi connectivity index (χ4n) is 2.91. The Balaban J connectivity index is 1.83. The first-order valence-corrected chi connectivity index (χ1v) is 6.43. The Labute approximate surface area is 101 Å². The third-order valence-corrected chi connectivity index (χ3v) is 4.20. The zero-order valence-corrected chi connectivity index (χ0v) is 10.2.